The minimum absolute atomic E-state index is 0.0450. The minimum Gasteiger partial charge on any atom is -0.490 e. The standard InChI is InChI=1S/C20H22O/c1-5-15-21-19-13-11-18(12-14-19)20(3,4)17-9-7-16(6-2)8-10-17/h5-14H,1-2,15H2,3-4H3. The molecule has 1 nitrogen and oxygen atoms in total. The molecule has 0 aromatic heterocycles. The second-order valence-electron chi connectivity index (χ2n) is 5.58. The monoisotopic (exact) mass is 278 g/mol. The quantitative estimate of drug-likeness (QED) is 0.658. The molecule has 0 radical (unpaired) electrons. The van der Waals surface area contributed by atoms with Crippen LogP contribution in [0.4, 0.5) is 0 Å². The molecule has 108 valence electrons. The lowest BCUT2D eigenvalue weighted by Gasteiger charge is -2.26. The topological polar surface area (TPSA) is 9.23 Å². The van der Waals surface area contributed by atoms with Gasteiger partial charge in [0.15, 0.2) is 0 Å². The highest BCUT2D eigenvalue weighted by Crippen LogP contribution is 2.32. The van der Waals surface area contributed by atoms with Gasteiger partial charge in [-0.1, -0.05) is 75.6 Å². The van der Waals surface area contributed by atoms with Crippen LogP contribution < -0.4 is 4.74 Å². The van der Waals surface area contributed by atoms with Crippen molar-refractivity contribution >= 4 is 6.08 Å². The van der Waals surface area contributed by atoms with Crippen LogP contribution in [0.25, 0.3) is 6.08 Å². The fraction of sp³-hybridized carbons (Fsp3) is 0.200. The molecule has 0 atom stereocenters. The van der Waals surface area contributed by atoms with Crippen LogP contribution in [-0.2, 0) is 5.41 Å². The van der Waals surface area contributed by atoms with E-state index in [1.54, 1.807) is 6.08 Å². The van der Waals surface area contributed by atoms with Gasteiger partial charge < -0.3 is 4.74 Å². The Morgan fingerprint density at radius 3 is 1.90 bits per heavy atom. The third-order valence-corrected chi connectivity index (χ3v) is 3.81. The number of benzene rings is 2. The van der Waals surface area contributed by atoms with E-state index < -0.39 is 0 Å². The molecule has 2 aromatic rings. The highest BCUT2D eigenvalue weighted by atomic mass is 16.5. The summed E-state index contributed by atoms with van der Waals surface area (Å²) < 4.78 is 5.53. The van der Waals surface area contributed by atoms with Gasteiger partial charge in [0, 0.05) is 5.41 Å². The summed E-state index contributed by atoms with van der Waals surface area (Å²) in [6, 6.07) is 16.8. The van der Waals surface area contributed by atoms with Crippen LogP contribution in [0.1, 0.15) is 30.5 Å². The van der Waals surface area contributed by atoms with Crippen molar-refractivity contribution in [3.63, 3.8) is 0 Å². The van der Waals surface area contributed by atoms with E-state index in [0.29, 0.717) is 6.61 Å². The zero-order valence-corrected chi connectivity index (χ0v) is 12.8. The summed E-state index contributed by atoms with van der Waals surface area (Å²) >= 11 is 0. The molecule has 0 spiro atoms. The summed E-state index contributed by atoms with van der Waals surface area (Å²) in [5, 5.41) is 0. The lowest BCUT2D eigenvalue weighted by Crippen LogP contribution is -2.18. The Bertz CT molecular complexity index is 603. The van der Waals surface area contributed by atoms with E-state index in [-0.39, 0.29) is 5.41 Å². The molecule has 0 bridgehead atoms. The summed E-state index contributed by atoms with van der Waals surface area (Å²) in [6.45, 7) is 12.4. The van der Waals surface area contributed by atoms with Crippen molar-refractivity contribution < 1.29 is 4.74 Å². The predicted molar refractivity (Wildman–Crippen MR) is 90.8 cm³/mol. The maximum absolute atomic E-state index is 5.53. The van der Waals surface area contributed by atoms with Crippen molar-refractivity contribution in [2.24, 2.45) is 0 Å². The molecule has 1 heteroatoms. The lowest BCUT2D eigenvalue weighted by atomic mass is 9.78. The molecule has 0 heterocycles. The zero-order valence-electron chi connectivity index (χ0n) is 12.8. The first-order valence-electron chi connectivity index (χ1n) is 7.15. The molecule has 2 rings (SSSR count). The van der Waals surface area contributed by atoms with Crippen LogP contribution in [0.5, 0.6) is 5.75 Å². The second kappa shape index (κ2) is 6.45. The number of rotatable bonds is 6. The normalized spacial score (nSPS) is 11.0. The van der Waals surface area contributed by atoms with Crippen LogP contribution in [0.2, 0.25) is 0 Å². The summed E-state index contributed by atoms with van der Waals surface area (Å²) in [7, 11) is 0. The van der Waals surface area contributed by atoms with Crippen LogP contribution in [-0.4, -0.2) is 6.61 Å². The molecule has 0 unspecified atom stereocenters. The van der Waals surface area contributed by atoms with Gasteiger partial charge in [-0.05, 0) is 28.8 Å². The van der Waals surface area contributed by atoms with Gasteiger partial charge in [-0.3, -0.25) is 0 Å². The molecule has 0 saturated heterocycles. The molecular weight excluding hydrogens is 256 g/mol. The Hall–Kier alpha value is -2.28. The van der Waals surface area contributed by atoms with E-state index in [0.717, 1.165) is 11.3 Å². The highest BCUT2D eigenvalue weighted by Gasteiger charge is 2.22. The molecule has 0 aliphatic rings. The summed E-state index contributed by atoms with van der Waals surface area (Å²) in [6.07, 6.45) is 3.61. The minimum atomic E-state index is -0.0450. The fourth-order valence-electron chi connectivity index (χ4n) is 2.33. The average Bonchev–Trinajstić information content (AvgIpc) is 2.53. The first kappa shape index (κ1) is 15.1. The van der Waals surface area contributed by atoms with Gasteiger partial charge in [0.25, 0.3) is 0 Å². The molecule has 21 heavy (non-hydrogen) atoms. The van der Waals surface area contributed by atoms with Gasteiger partial charge >= 0.3 is 0 Å². The van der Waals surface area contributed by atoms with Crippen LogP contribution >= 0.6 is 0 Å². The molecule has 0 N–H and O–H groups in total. The van der Waals surface area contributed by atoms with Crippen LogP contribution in [0.3, 0.4) is 0 Å². The van der Waals surface area contributed by atoms with Crippen LogP contribution in [0, 0.1) is 0 Å². The first-order chi connectivity index (χ1) is 10.1. The summed E-state index contributed by atoms with van der Waals surface area (Å²) in [5.41, 5.74) is 3.65. The zero-order chi connectivity index (χ0) is 15.3. The second-order valence-corrected chi connectivity index (χ2v) is 5.58. The van der Waals surface area contributed by atoms with Gasteiger partial charge in [-0.15, -0.1) is 0 Å². The third kappa shape index (κ3) is 3.43. The molecule has 0 aliphatic carbocycles. The van der Waals surface area contributed by atoms with E-state index >= 15 is 0 Å². The largest absolute Gasteiger partial charge is 0.490 e. The van der Waals surface area contributed by atoms with Crippen molar-refractivity contribution in [1.82, 2.24) is 0 Å². The Labute approximate surface area is 127 Å². The Morgan fingerprint density at radius 2 is 1.43 bits per heavy atom. The van der Waals surface area contributed by atoms with Crippen molar-refractivity contribution in [3.05, 3.63) is 84.5 Å². The van der Waals surface area contributed by atoms with Crippen molar-refractivity contribution in [2.45, 2.75) is 19.3 Å². The van der Waals surface area contributed by atoms with Gasteiger partial charge in [0.1, 0.15) is 12.4 Å². The van der Waals surface area contributed by atoms with Crippen LogP contribution in [0.15, 0.2) is 67.8 Å². The first-order valence-corrected chi connectivity index (χ1v) is 7.15. The fourth-order valence-corrected chi connectivity index (χ4v) is 2.33. The van der Waals surface area contributed by atoms with E-state index in [1.807, 2.05) is 18.2 Å². The Morgan fingerprint density at radius 1 is 0.905 bits per heavy atom. The van der Waals surface area contributed by atoms with E-state index in [4.69, 9.17) is 4.74 Å². The SMILES string of the molecule is C=CCOc1ccc(C(C)(C)c2ccc(C=C)cc2)cc1. The lowest BCUT2D eigenvalue weighted by molar-refractivity contribution is 0.363. The van der Waals surface area contributed by atoms with Crippen molar-refractivity contribution in [1.29, 1.82) is 0 Å². The molecule has 0 fully saturated rings. The molecule has 0 saturated carbocycles. The van der Waals surface area contributed by atoms with Crippen molar-refractivity contribution in [3.8, 4) is 5.75 Å². The maximum Gasteiger partial charge on any atom is 0.119 e. The van der Waals surface area contributed by atoms with Gasteiger partial charge in [-0.2, -0.15) is 0 Å². The Kier molecular flexibility index (Phi) is 4.64. The van der Waals surface area contributed by atoms with E-state index in [2.05, 4.69) is 63.4 Å². The molecule has 0 aliphatic heterocycles. The number of hydrogen-bond acceptors (Lipinski definition) is 1. The van der Waals surface area contributed by atoms with E-state index in [9.17, 15) is 0 Å². The highest BCUT2D eigenvalue weighted by molar-refractivity contribution is 5.49. The molecular formula is C20H22O. The molecule has 0 amide bonds. The van der Waals surface area contributed by atoms with Gasteiger partial charge in [-0.25, -0.2) is 0 Å². The molecule has 2 aromatic carbocycles. The predicted octanol–water partition coefficient (Wildman–Crippen LogP) is 5.22. The van der Waals surface area contributed by atoms with Crippen molar-refractivity contribution in [2.75, 3.05) is 6.61 Å². The third-order valence-electron chi connectivity index (χ3n) is 3.81. The number of ether oxygens (including phenoxy) is 1. The number of hydrogen-bond donors (Lipinski definition) is 0. The summed E-state index contributed by atoms with van der Waals surface area (Å²) in [5.74, 6) is 0.872. The Balaban J connectivity index is 2.24. The van der Waals surface area contributed by atoms with E-state index in [1.165, 1.54) is 11.1 Å². The smallest absolute Gasteiger partial charge is 0.119 e. The van der Waals surface area contributed by atoms with Gasteiger partial charge in [0.2, 0.25) is 0 Å². The maximum atomic E-state index is 5.53. The van der Waals surface area contributed by atoms with Gasteiger partial charge in [0.05, 0.1) is 0 Å². The average molecular weight is 278 g/mol. The summed E-state index contributed by atoms with van der Waals surface area (Å²) in [4.78, 5) is 0.